The molecule has 0 N–H and O–H groups in total. The fourth-order valence-electron chi connectivity index (χ4n) is 4.12. The Morgan fingerprint density at radius 3 is 1.21 bits per heavy atom. The molecule has 0 atom stereocenters. The molecule has 0 heterocycles. The van der Waals surface area contributed by atoms with Gasteiger partial charge in [-0.2, -0.15) is 0 Å². The molecule has 172 valence electrons. The first-order valence-corrected chi connectivity index (χ1v) is 16.8. The summed E-state index contributed by atoms with van der Waals surface area (Å²) in [6.45, 7) is 9.53. The summed E-state index contributed by atoms with van der Waals surface area (Å²) in [6.07, 6.45) is 29.8. The van der Waals surface area contributed by atoms with Crippen molar-refractivity contribution < 1.29 is 0 Å². The fraction of sp³-hybridized carbons (Fsp3) is 0.929. The van der Waals surface area contributed by atoms with Crippen LogP contribution in [0.2, 0.25) is 19.1 Å². The molecule has 0 aliphatic rings. The van der Waals surface area contributed by atoms with Gasteiger partial charge in [0, 0.05) is 6.42 Å². The summed E-state index contributed by atoms with van der Waals surface area (Å²) < 4.78 is 0. The minimum Gasteiger partial charge on any atom is -0.132 e. The smallest absolute Gasteiger partial charge is 0.132 e. The van der Waals surface area contributed by atoms with E-state index in [-0.39, 0.29) is 0 Å². The molecule has 0 unspecified atom stereocenters. The zero-order valence-corrected chi connectivity index (χ0v) is 22.1. The van der Waals surface area contributed by atoms with Crippen molar-refractivity contribution in [2.75, 3.05) is 0 Å². The van der Waals surface area contributed by atoms with Crippen molar-refractivity contribution in [1.29, 1.82) is 0 Å². The molecule has 0 rings (SSSR count). The second-order valence-corrected chi connectivity index (χ2v) is 14.6. The highest BCUT2D eigenvalue weighted by molar-refractivity contribution is 6.85. The van der Waals surface area contributed by atoms with E-state index in [1.54, 1.807) is 0 Å². The first-order valence-electron chi connectivity index (χ1n) is 13.6. The molecule has 0 saturated heterocycles. The highest BCUT2D eigenvalue weighted by Gasteiger charge is 2.16. The first-order chi connectivity index (χ1) is 14.1. The lowest BCUT2D eigenvalue weighted by Gasteiger charge is -2.14. The predicted octanol–water partition coefficient (Wildman–Crippen LogP) is 10.5. The van der Waals surface area contributed by atoms with Crippen LogP contribution in [-0.4, -0.2) is 8.07 Å². The van der Waals surface area contributed by atoms with Crippen LogP contribution >= 0.6 is 0 Å². The minimum atomic E-state index is -1.24. The highest BCUT2D eigenvalue weighted by atomic mass is 28.3. The molecule has 0 nitrogen and oxygen atoms in total. The van der Waals surface area contributed by atoms with Crippen molar-refractivity contribution in [3.8, 4) is 11.5 Å². The summed E-state index contributed by atoms with van der Waals surface area (Å²) >= 11 is 0. The number of hydrogen-bond donors (Lipinski definition) is 0. The maximum atomic E-state index is 3.69. The van der Waals surface area contributed by atoms with Gasteiger partial charge in [0.15, 0.2) is 0 Å². The van der Waals surface area contributed by atoms with Gasteiger partial charge in [0.2, 0.25) is 0 Å². The monoisotopic (exact) mass is 420 g/mol. The fourth-order valence-corrected chi connectivity index (χ4v) is 5.98. The van der Waals surface area contributed by atoms with E-state index in [4.69, 9.17) is 0 Å². The van der Waals surface area contributed by atoms with E-state index >= 15 is 0 Å². The first kappa shape index (κ1) is 28.8. The SMILES string of the molecule is CCCCCCCC#C[Si](C)(C)CCCCCCCCCCCCCCCCC. The quantitative estimate of drug-likeness (QED) is 0.0983. The maximum Gasteiger partial charge on any atom is 0.132 e. The topological polar surface area (TPSA) is 0 Å². The molecule has 1 heteroatoms. The lowest BCUT2D eigenvalue weighted by atomic mass is 10.0. The van der Waals surface area contributed by atoms with Crippen molar-refractivity contribution in [3.63, 3.8) is 0 Å². The third kappa shape index (κ3) is 23.9. The molecule has 0 fully saturated rings. The molecule has 29 heavy (non-hydrogen) atoms. The van der Waals surface area contributed by atoms with Crippen LogP contribution in [0.3, 0.4) is 0 Å². The summed E-state index contributed by atoms with van der Waals surface area (Å²) in [5.74, 6) is 3.52. The van der Waals surface area contributed by atoms with Gasteiger partial charge in [0.05, 0.1) is 0 Å². The molecule has 0 aliphatic heterocycles. The molecule has 0 amide bonds. The predicted molar refractivity (Wildman–Crippen MR) is 138 cm³/mol. The Morgan fingerprint density at radius 2 is 0.793 bits per heavy atom. The van der Waals surface area contributed by atoms with Crippen LogP contribution in [0.4, 0.5) is 0 Å². The Hall–Kier alpha value is -0.223. The Bertz CT molecular complexity index is 374. The van der Waals surface area contributed by atoms with Crippen LogP contribution in [0.5, 0.6) is 0 Å². The van der Waals surface area contributed by atoms with E-state index in [2.05, 4.69) is 38.4 Å². The van der Waals surface area contributed by atoms with E-state index in [1.807, 2.05) is 0 Å². The van der Waals surface area contributed by atoms with Crippen LogP contribution in [0.1, 0.15) is 149 Å². The number of rotatable bonds is 21. The van der Waals surface area contributed by atoms with Gasteiger partial charge in [-0.1, -0.05) is 149 Å². The summed E-state index contributed by atoms with van der Waals surface area (Å²) in [6, 6.07) is 1.41. The Kier molecular flexibility index (Phi) is 22.3. The summed E-state index contributed by atoms with van der Waals surface area (Å²) in [5.41, 5.74) is 3.69. The second kappa shape index (κ2) is 22.5. The molecule has 0 bridgehead atoms. The molecular formula is C28H56Si. The molecule has 0 aliphatic carbocycles. The molecule has 0 aromatic heterocycles. The van der Waals surface area contributed by atoms with Gasteiger partial charge in [-0.3, -0.25) is 0 Å². The van der Waals surface area contributed by atoms with Crippen molar-refractivity contribution in [3.05, 3.63) is 0 Å². The molecule has 0 spiro atoms. The average Bonchev–Trinajstić information content (AvgIpc) is 2.70. The normalized spacial score (nSPS) is 11.4. The Morgan fingerprint density at radius 1 is 0.448 bits per heavy atom. The van der Waals surface area contributed by atoms with Gasteiger partial charge >= 0.3 is 0 Å². The van der Waals surface area contributed by atoms with Gasteiger partial charge in [-0.25, -0.2) is 0 Å². The van der Waals surface area contributed by atoms with E-state index in [0.717, 1.165) is 6.42 Å². The van der Waals surface area contributed by atoms with Crippen LogP contribution in [0, 0.1) is 11.5 Å². The van der Waals surface area contributed by atoms with Gasteiger partial charge in [-0.15, -0.1) is 11.5 Å². The largest absolute Gasteiger partial charge is 0.132 e. The zero-order valence-electron chi connectivity index (χ0n) is 21.1. The molecule has 0 radical (unpaired) electrons. The number of hydrogen-bond acceptors (Lipinski definition) is 0. The summed E-state index contributed by atoms with van der Waals surface area (Å²) in [7, 11) is -1.24. The lowest BCUT2D eigenvalue weighted by molar-refractivity contribution is 0.534. The standard InChI is InChI=1S/C28H56Si/c1-5-7-9-11-13-14-15-16-17-18-19-20-22-24-26-28-29(3,4)27-25-23-21-12-10-8-6-2/h5-24,26,28H2,1-4H3. The van der Waals surface area contributed by atoms with Crippen molar-refractivity contribution in [2.45, 2.75) is 168 Å². The van der Waals surface area contributed by atoms with Crippen molar-refractivity contribution in [1.82, 2.24) is 0 Å². The average molecular weight is 421 g/mol. The Labute approximate surface area is 187 Å². The third-order valence-electron chi connectivity index (χ3n) is 6.24. The van der Waals surface area contributed by atoms with Crippen LogP contribution in [0.15, 0.2) is 0 Å². The van der Waals surface area contributed by atoms with E-state index in [0.29, 0.717) is 0 Å². The van der Waals surface area contributed by atoms with Crippen LogP contribution in [-0.2, 0) is 0 Å². The van der Waals surface area contributed by atoms with Gasteiger partial charge in [0.1, 0.15) is 8.07 Å². The van der Waals surface area contributed by atoms with Crippen LogP contribution in [0.25, 0.3) is 0 Å². The second-order valence-electron chi connectivity index (χ2n) is 10.0. The Balaban J connectivity index is 3.36. The minimum absolute atomic E-state index is 1.14. The van der Waals surface area contributed by atoms with Crippen molar-refractivity contribution >= 4 is 8.07 Å². The van der Waals surface area contributed by atoms with Gasteiger partial charge < -0.3 is 0 Å². The van der Waals surface area contributed by atoms with Crippen LogP contribution < -0.4 is 0 Å². The molecule has 0 aromatic carbocycles. The van der Waals surface area contributed by atoms with E-state index < -0.39 is 8.07 Å². The highest BCUT2D eigenvalue weighted by Crippen LogP contribution is 2.17. The summed E-state index contributed by atoms with van der Waals surface area (Å²) in [5, 5.41) is 0. The lowest BCUT2D eigenvalue weighted by Crippen LogP contribution is -2.22. The van der Waals surface area contributed by atoms with Gasteiger partial charge in [-0.05, 0) is 12.5 Å². The molecular weight excluding hydrogens is 364 g/mol. The molecule has 0 aromatic rings. The molecule has 0 saturated carbocycles. The zero-order chi connectivity index (χ0) is 21.5. The maximum absolute atomic E-state index is 3.69. The summed E-state index contributed by atoms with van der Waals surface area (Å²) in [4.78, 5) is 0. The third-order valence-corrected chi connectivity index (χ3v) is 8.69. The van der Waals surface area contributed by atoms with E-state index in [1.165, 1.54) is 134 Å². The van der Waals surface area contributed by atoms with E-state index in [9.17, 15) is 0 Å². The van der Waals surface area contributed by atoms with Crippen molar-refractivity contribution in [2.24, 2.45) is 0 Å². The number of unbranched alkanes of at least 4 members (excludes halogenated alkanes) is 19. The van der Waals surface area contributed by atoms with Gasteiger partial charge in [0.25, 0.3) is 0 Å².